The third kappa shape index (κ3) is 8.05. The lowest BCUT2D eigenvalue weighted by atomic mass is 9.89. The van der Waals surface area contributed by atoms with Gasteiger partial charge in [-0.2, -0.15) is 10.1 Å². The quantitative estimate of drug-likeness (QED) is 0.234. The molecule has 9 rings (SSSR count). The second-order valence-electron chi connectivity index (χ2n) is 17.2. The summed E-state index contributed by atoms with van der Waals surface area (Å²) in [7, 11) is 1.84. The van der Waals surface area contributed by atoms with E-state index in [1.54, 1.807) is 23.0 Å². The molecule has 2 aromatic heterocycles. The molecule has 3 atom stereocenters. The van der Waals surface area contributed by atoms with Crippen molar-refractivity contribution in [2.75, 3.05) is 65.9 Å². The van der Waals surface area contributed by atoms with E-state index in [1.165, 1.54) is 12.1 Å². The maximum Gasteiger partial charge on any atom is 0.280 e. The third-order valence-electron chi connectivity index (χ3n) is 12.9. The molecule has 2 bridgehead atoms. The van der Waals surface area contributed by atoms with Crippen LogP contribution in [0.5, 0.6) is 5.88 Å². The highest BCUT2D eigenvalue weighted by atomic mass is 19.1. The van der Waals surface area contributed by atoms with E-state index in [2.05, 4.69) is 67.5 Å². The molecular weight excluding hydrogens is 783 g/mol. The Morgan fingerprint density at radius 1 is 0.852 bits per heavy atom. The molecule has 16 heteroatoms. The minimum atomic E-state index is -1.01. The molecule has 14 nitrogen and oxygen atoms in total. The number of fused-ring (bicyclic) bond motifs is 7. The minimum absolute atomic E-state index is 0.0556. The van der Waals surface area contributed by atoms with E-state index in [0.29, 0.717) is 66.8 Å². The van der Waals surface area contributed by atoms with Crippen LogP contribution in [0.4, 0.5) is 31.5 Å². The molecule has 2 aromatic carbocycles. The van der Waals surface area contributed by atoms with Crippen LogP contribution < -0.4 is 30.1 Å². The highest BCUT2D eigenvalue weighted by Crippen LogP contribution is 2.39. The van der Waals surface area contributed by atoms with Gasteiger partial charge in [-0.3, -0.25) is 29.6 Å². The number of aryl methyl sites for hydroxylation is 2. The van der Waals surface area contributed by atoms with Crippen LogP contribution in [0.3, 0.4) is 0 Å². The lowest BCUT2D eigenvalue weighted by Gasteiger charge is -2.47. The fourth-order valence-electron chi connectivity index (χ4n) is 9.75. The standard InChI is InChI=1S/C45H52F2N10O4/c1-26-6-5-17-61-44-34(23-48-53(44)4)38-19-29(18-27(2)49-38)42(59)52-45-50-37-9-7-31(22-39(37)57(45)24-26)55-15-16-56(28(3)25-55)30-11-13-54(14-12-30)32-20-35(46)41(36(47)21-32)33-8-10-40(58)51-43(33)60/h7,9,18-23,26,28,30,33H,5-6,8,10-17,24-25H2,1-4H3,(H,50,52,59)(H,51,58,60)/t26-,28-,33-/m1/s1. The van der Waals surface area contributed by atoms with Gasteiger partial charge in [0, 0.05) is 93.0 Å². The Balaban J connectivity index is 0.874. The first-order valence-electron chi connectivity index (χ1n) is 21.4. The molecule has 0 spiro atoms. The number of amides is 3. The predicted molar refractivity (Wildman–Crippen MR) is 229 cm³/mol. The molecule has 3 saturated heterocycles. The number of guanidine groups is 1. The van der Waals surface area contributed by atoms with Gasteiger partial charge in [0.15, 0.2) is 0 Å². The molecule has 0 saturated carbocycles. The first-order chi connectivity index (χ1) is 29.4. The topological polar surface area (TPSA) is 141 Å². The number of rotatable bonds is 4. The number of aromatic nitrogens is 3. The lowest BCUT2D eigenvalue weighted by Crippen LogP contribution is -2.57. The number of benzene rings is 2. The van der Waals surface area contributed by atoms with Crippen LogP contribution in [0.1, 0.15) is 79.9 Å². The van der Waals surface area contributed by atoms with Gasteiger partial charge in [0.1, 0.15) is 11.6 Å². The smallest absolute Gasteiger partial charge is 0.280 e. The number of pyridine rings is 1. The molecule has 0 aliphatic carbocycles. The van der Waals surface area contributed by atoms with E-state index in [4.69, 9.17) is 9.72 Å². The number of piperidine rings is 2. The van der Waals surface area contributed by atoms with Crippen LogP contribution in [-0.4, -0.2) is 101 Å². The summed E-state index contributed by atoms with van der Waals surface area (Å²) in [6.07, 6.45) is 5.34. The van der Waals surface area contributed by atoms with Gasteiger partial charge in [0.2, 0.25) is 23.7 Å². The average Bonchev–Trinajstić information content (AvgIpc) is 3.77. The summed E-state index contributed by atoms with van der Waals surface area (Å²) in [5, 5.41) is 10.1. The van der Waals surface area contributed by atoms with Gasteiger partial charge in [-0.15, -0.1) is 0 Å². The van der Waals surface area contributed by atoms with Crippen molar-refractivity contribution >= 4 is 46.4 Å². The second kappa shape index (κ2) is 16.5. The van der Waals surface area contributed by atoms with Gasteiger partial charge < -0.3 is 24.8 Å². The van der Waals surface area contributed by atoms with Crippen molar-refractivity contribution in [3.05, 3.63) is 77.1 Å². The SMILES string of the molecule is Cc1cc2cc(n1)-c1cnn(C)c1OCCC[C@@H](C)CN1/C(=N/C2=O)Nc2ccc(N3CCN(C4CCN(c5cc(F)c([C@H]6CCC(=O)NC6=O)c(F)c5)CC4)[C@H](C)C3)cc21. The normalized spacial score (nSPS) is 23.8. The fraction of sp³-hybridized carbons (Fsp3) is 0.467. The molecule has 5 aliphatic rings. The van der Waals surface area contributed by atoms with Crippen LogP contribution in [0.25, 0.3) is 11.3 Å². The number of nitrogens with one attached hydrogen (secondary N) is 2. The molecule has 3 amide bonds. The summed E-state index contributed by atoms with van der Waals surface area (Å²) in [4.78, 5) is 56.4. The predicted octanol–water partition coefficient (Wildman–Crippen LogP) is 6.01. The molecule has 2 N–H and O–H groups in total. The van der Waals surface area contributed by atoms with Gasteiger partial charge in [-0.1, -0.05) is 6.92 Å². The van der Waals surface area contributed by atoms with Crippen molar-refractivity contribution in [1.29, 1.82) is 0 Å². The van der Waals surface area contributed by atoms with E-state index in [0.717, 1.165) is 67.9 Å². The summed E-state index contributed by atoms with van der Waals surface area (Å²) in [6.45, 7) is 11.4. The number of hydrogen-bond acceptors (Lipinski definition) is 11. The van der Waals surface area contributed by atoms with Crippen LogP contribution in [-0.2, 0) is 16.6 Å². The molecule has 320 valence electrons. The van der Waals surface area contributed by atoms with E-state index in [-0.39, 0.29) is 36.3 Å². The van der Waals surface area contributed by atoms with Crippen molar-refractivity contribution < 1.29 is 27.9 Å². The zero-order valence-corrected chi connectivity index (χ0v) is 35.1. The van der Waals surface area contributed by atoms with E-state index in [9.17, 15) is 14.4 Å². The van der Waals surface area contributed by atoms with Crippen molar-refractivity contribution in [3.63, 3.8) is 0 Å². The summed E-state index contributed by atoms with van der Waals surface area (Å²) in [5.74, 6) is -2.56. The van der Waals surface area contributed by atoms with Crippen molar-refractivity contribution in [1.82, 2.24) is 25.0 Å². The van der Waals surface area contributed by atoms with E-state index in [1.807, 2.05) is 18.9 Å². The maximum absolute atomic E-state index is 15.3. The van der Waals surface area contributed by atoms with E-state index >= 15 is 8.78 Å². The second-order valence-corrected chi connectivity index (χ2v) is 17.2. The van der Waals surface area contributed by atoms with Gasteiger partial charge in [-0.05, 0) is 94.3 Å². The monoisotopic (exact) mass is 834 g/mol. The Kier molecular flexibility index (Phi) is 11.0. The van der Waals surface area contributed by atoms with Gasteiger partial charge >= 0.3 is 0 Å². The van der Waals surface area contributed by atoms with Crippen LogP contribution >= 0.6 is 0 Å². The summed E-state index contributed by atoms with van der Waals surface area (Å²) < 4.78 is 38.6. The maximum atomic E-state index is 15.3. The summed E-state index contributed by atoms with van der Waals surface area (Å²) in [5.41, 5.74) is 5.69. The highest BCUT2D eigenvalue weighted by Gasteiger charge is 2.36. The number of carbonyl (C=O) groups is 3. The first kappa shape index (κ1) is 40.5. The number of hydrogen-bond donors (Lipinski definition) is 2. The van der Waals surface area contributed by atoms with Crippen molar-refractivity contribution in [2.24, 2.45) is 18.0 Å². The first-order valence-corrected chi connectivity index (χ1v) is 21.4. The zero-order chi connectivity index (χ0) is 42.5. The highest BCUT2D eigenvalue weighted by molar-refractivity contribution is 6.19. The van der Waals surface area contributed by atoms with Crippen LogP contribution in [0.15, 0.2) is 53.7 Å². The van der Waals surface area contributed by atoms with Crippen LogP contribution in [0.2, 0.25) is 0 Å². The molecule has 3 fully saturated rings. The van der Waals surface area contributed by atoms with Gasteiger partial charge in [0.05, 0.1) is 41.4 Å². The summed E-state index contributed by atoms with van der Waals surface area (Å²) >= 11 is 0. The van der Waals surface area contributed by atoms with Gasteiger partial charge in [0.25, 0.3) is 5.91 Å². The molecule has 0 radical (unpaired) electrons. The van der Waals surface area contributed by atoms with E-state index < -0.39 is 29.4 Å². The third-order valence-corrected chi connectivity index (χ3v) is 12.9. The molecule has 0 unspecified atom stereocenters. The largest absolute Gasteiger partial charge is 0.477 e. The Morgan fingerprint density at radius 2 is 1.64 bits per heavy atom. The fourth-order valence-corrected chi connectivity index (χ4v) is 9.75. The lowest BCUT2D eigenvalue weighted by molar-refractivity contribution is -0.134. The van der Waals surface area contributed by atoms with Gasteiger partial charge in [-0.25, -0.2) is 13.5 Å². The Morgan fingerprint density at radius 3 is 2.39 bits per heavy atom. The number of imide groups is 1. The Hall–Kier alpha value is -5.90. The van der Waals surface area contributed by atoms with Crippen LogP contribution in [0, 0.1) is 24.5 Å². The van der Waals surface area contributed by atoms with Crippen molar-refractivity contribution in [2.45, 2.75) is 77.3 Å². The number of aliphatic imine (C=N–C) groups is 1. The summed E-state index contributed by atoms with van der Waals surface area (Å²) in [6, 6.07) is 13.2. The molecular formula is C45H52F2N10O4. The molecule has 4 aromatic rings. The Bertz CT molecular complexity index is 2390. The number of piperazine rings is 1. The number of ether oxygens (including phenoxy) is 1. The number of anilines is 4. The zero-order valence-electron chi connectivity index (χ0n) is 35.1. The number of nitrogens with zero attached hydrogens (tertiary/aromatic N) is 8. The van der Waals surface area contributed by atoms with Crippen molar-refractivity contribution in [3.8, 4) is 17.1 Å². The minimum Gasteiger partial charge on any atom is -0.477 e. The number of halogens is 2. The molecule has 5 aliphatic heterocycles. The average molecular weight is 835 g/mol. The molecule has 61 heavy (non-hydrogen) atoms. The number of carbonyl (C=O) groups excluding carboxylic acids is 3. The molecule has 7 heterocycles. The Labute approximate surface area is 353 Å².